The Morgan fingerprint density at radius 2 is 1.74 bits per heavy atom. The molecule has 6 nitrogen and oxygen atoms in total. The maximum Gasteiger partial charge on any atom is 0.308 e. The number of nitrogens with one attached hydrogen (secondary N) is 1. The SMILES string of the molecule is COC(=O)C1CCC(NS(=O)(=O)N2CCCC2)CC1. The lowest BCUT2D eigenvalue weighted by Gasteiger charge is -2.28. The number of nitrogens with zero attached hydrogens (tertiary/aromatic N) is 1. The molecule has 0 unspecified atom stereocenters. The standard InChI is InChI=1S/C12H22N2O4S/c1-18-12(15)10-4-6-11(7-5-10)13-19(16,17)14-8-2-3-9-14/h10-11,13H,2-9H2,1H3. The molecule has 0 aromatic carbocycles. The van der Waals surface area contributed by atoms with Crippen molar-refractivity contribution in [2.75, 3.05) is 20.2 Å². The lowest BCUT2D eigenvalue weighted by atomic mass is 9.86. The number of hydrogen-bond donors (Lipinski definition) is 1. The van der Waals surface area contributed by atoms with Crippen LogP contribution in [0.25, 0.3) is 0 Å². The van der Waals surface area contributed by atoms with Gasteiger partial charge in [-0.3, -0.25) is 4.79 Å². The predicted octanol–water partition coefficient (Wildman–Crippen LogP) is 0.648. The lowest BCUT2D eigenvalue weighted by Crippen LogP contribution is -2.45. The fraction of sp³-hybridized carbons (Fsp3) is 0.917. The van der Waals surface area contributed by atoms with E-state index < -0.39 is 10.2 Å². The number of carbonyl (C=O) groups is 1. The summed E-state index contributed by atoms with van der Waals surface area (Å²) >= 11 is 0. The third kappa shape index (κ3) is 3.67. The summed E-state index contributed by atoms with van der Waals surface area (Å²) in [5, 5.41) is 0. The van der Waals surface area contributed by atoms with E-state index >= 15 is 0 Å². The molecule has 0 spiro atoms. The minimum Gasteiger partial charge on any atom is -0.469 e. The molecular weight excluding hydrogens is 268 g/mol. The summed E-state index contributed by atoms with van der Waals surface area (Å²) < 4.78 is 33.2. The minimum absolute atomic E-state index is 0.0495. The summed E-state index contributed by atoms with van der Waals surface area (Å²) in [6.07, 6.45) is 4.67. The zero-order valence-electron chi connectivity index (χ0n) is 11.3. The van der Waals surface area contributed by atoms with Crippen molar-refractivity contribution in [1.29, 1.82) is 0 Å². The van der Waals surface area contributed by atoms with Gasteiger partial charge in [0.2, 0.25) is 0 Å². The zero-order valence-corrected chi connectivity index (χ0v) is 12.1. The average Bonchev–Trinajstić information content (AvgIpc) is 2.93. The van der Waals surface area contributed by atoms with Gasteiger partial charge in [0.1, 0.15) is 0 Å². The van der Waals surface area contributed by atoms with Crippen LogP contribution in [0.15, 0.2) is 0 Å². The molecule has 1 heterocycles. The molecule has 0 radical (unpaired) electrons. The monoisotopic (exact) mass is 290 g/mol. The van der Waals surface area contributed by atoms with E-state index in [1.165, 1.54) is 11.4 Å². The number of carbonyl (C=O) groups excluding carboxylic acids is 1. The number of hydrogen-bond acceptors (Lipinski definition) is 4. The molecule has 1 saturated heterocycles. The highest BCUT2D eigenvalue weighted by molar-refractivity contribution is 7.87. The van der Waals surface area contributed by atoms with Gasteiger partial charge in [-0.25, -0.2) is 0 Å². The number of methoxy groups -OCH3 is 1. The molecule has 110 valence electrons. The van der Waals surface area contributed by atoms with Gasteiger partial charge < -0.3 is 4.74 Å². The van der Waals surface area contributed by atoms with Crippen molar-refractivity contribution in [3.63, 3.8) is 0 Å². The first-order chi connectivity index (χ1) is 9.03. The molecule has 0 aromatic heterocycles. The summed E-state index contributed by atoms with van der Waals surface area (Å²) in [5.41, 5.74) is 0. The van der Waals surface area contributed by atoms with Crippen molar-refractivity contribution in [2.24, 2.45) is 5.92 Å². The largest absolute Gasteiger partial charge is 0.469 e. The molecule has 2 rings (SSSR count). The molecule has 19 heavy (non-hydrogen) atoms. The molecule has 2 fully saturated rings. The Bertz CT molecular complexity index is 409. The van der Waals surface area contributed by atoms with Crippen LogP contribution in [0.1, 0.15) is 38.5 Å². The molecule has 0 atom stereocenters. The van der Waals surface area contributed by atoms with E-state index in [-0.39, 0.29) is 17.9 Å². The highest BCUT2D eigenvalue weighted by Gasteiger charge is 2.32. The first-order valence-electron chi connectivity index (χ1n) is 6.88. The van der Waals surface area contributed by atoms with Gasteiger partial charge in [-0.05, 0) is 38.5 Å². The van der Waals surface area contributed by atoms with Crippen molar-refractivity contribution in [1.82, 2.24) is 9.03 Å². The minimum atomic E-state index is -3.34. The van der Waals surface area contributed by atoms with Crippen LogP contribution in [-0.4, -0.2) is 44.9 Å². The smallest absolute Gasteiger partial charge is 0.308 e. The third-order valence-electron chi connectivity index (χ3n) is 3.98. The summed E-state index contributed by atoms with van der Waals surface area (Å²) in [7, 11) is -1.94. The first-order valence-corrected chi connectivity index (χ1v) is 8.32. The van der Waals surface area contributed by atoms with E-state index in [4.69, 9.17) is 4.74 Å². The first kappa shape index (κ1) is 14.7. The molecule has 0 amide bonds. The molecule has 1 saturated carbocycles. The highest BCUT2D eigenvalue weighted by Crippen LogP contribution is 2.26. The van der Waals surface area contributed by atoms with Crippen LogP contribution in [0.2, 0.25) is 0 Å². The maximum atomic E-state index is 12.1. The second-order valence-electron chi connectivity index (χ2n) is 5.30. The van der Waals surface area contributed by atoms with Gasteiger partial charge in [0, 0.05) is 19.1 Å². The van der Waals surface area contributed by atoms with E-state index in [0.29, 0.717) is 38.8 Å². The summed E-state index contributed by atoms with van der Waals surface area (Å²) in [4.78, 5) is 11.4. The second kappa shape index (κ2) is 6.19. The number of rotatable bonds is 4. The van der Waals surface area contributed by atoms with Gasteiger partial charge in [0.05, 0.1) is 13.0 Å². The van der Waals surface area contributed by atoms with Gasteiger partial charge in [-0.15, -0.1) is 0 Å². The van der Waals surface area contributed by atoms with Crippen LogP contribution in [0.3, 0.4) is 0 Å². The maximum absolute atomic E-state index is 12.1. The topological polar surface area (TPSA) is 75.7 Å². The summed E-state index contributed by atoms with van der Waals surface area (Å²) in [6.45, 7) is 1.24. The molecule has 0 aromatic rings. The summed E-state index contributed by atoms with van der Waals surface area (Å²) in [6, 6.07) is -0.0495. The Morgan fingerprint density at radius 1 is 1.16 bits per heavy atom. The van der Waals surface area contributed by atoms with Crippen LogP contribution in [0, 0.1) is 5.92 Å². The van der Waals surface area contributed by atoms with E-state index in [1.54, 1.807) is 0 Å². The quantitative estimate of drug-likeness (QED) is 0.771. The van der Waals surface area contributed by atoms with Gasteiger partial charge in [0.15, 0.2) is 0 Å². The molecule has 7 heteroatoms. The Balaban J connectivity index is 1.83. The Hall–Kier alpha value is -0.660. The molecule has 2 aliphatic rings. The van der Waals surface area contributed by atoms with Crippen LogP contribution < -0.4 is 4.72 Å². The molecular formula is C12H22N2O4S. The lowest BCUT2D eigenvalue weighted by molar-refractivity contribution is -0.146. The van der Waals surface area contributed by atoms with Crippen molar-refractivity contribution in [3.05, 3.63) is 0 Å². The summed E-state index contributed by atoms with van der Waals surface area (Å²) in [5.74, 6) is -0.251. The second-order valence-corrected chi connectivity index (χ2v) is 7.00. The number of ether oxygens (including phenoxy) is 1. The third-order valence-corrected chi connectivity index (χ3v) is 5.66. The van der Waals surface area contributed by atoms with Gasteiger partial charge in [-0.1, -0.05) is 0 Å². The van der Waals surface area contributed by atoms with Gasteiger partial charge >= 0.3 is 5.97 Å². The number of esters is 1. The predicted molar refractivity (Wildman–Crippen MR) is 70.6 cm³/mol. The molecule has 0 bridgehead atoms. The van der Waals surface area contributed by atoms with E-state index in [0.717, 1.165) is 12.8 Å². The average molecular weight is 290 g/mol. The van der Waals surface area contributed by atoms with Crippen molar-refractivity contribution in [3.8, 4) is 0 Å². The van der Waals surface area contributed by atoms with Crippen LogP contribution >= 0.6 is 0 Å². The van der Waals surface area contributed by atoms with Crippen molar-refractivity contribution in [2.45, 2.75) is 44.6 Å². The van der Waals surface area contributed by atoms with Gasteiger partial charge in [-0.2, -0.15) is 17.4 Å². The zero-order chi connectivity index (χ0) is 13.9. The van der Waals surface area contributed by atoms with E-state index in [9.17, 15) is 13.2 Å². The van der Waals surface area contributed by atoms with Crippen molar-refractivity contribution >= 4 is 16.2 Å². The van der Waals surface area contributed by atoms with Gasteiger partial charge in [0.25, 0.3) is 10.2 Å². The normalized spacial score (nSPS) is 29.3. The molecule has 1 N–H and O–H groups in total. The Labute approximate surface area is 114 Å². The van der Waals surface area contributed by atoms with Crippen molar-refractivity contribution < 1.29 is 17.9 Å². The van der Waals surface area contributed by atoms with Crippen LogP contribution in [0.4, 0.5) is 0 Å². The Morgan fingerprint density at radius 3 is 2.26 bits per heavy atom. The van der Waals surface area contributed by atoms with Crippen LogP contribution in [0.5, 0.6) is 0 Å². The molecule has 1 aliphatic carbocycles. The van der Waals surface area contributed by atoms with Crippen LogP contribution in [-0.2, 0) is 19.7 Å². The highest BCUT2D eigenvalue weighted by atomic mass is 32.2. The van der Waals surface area contributed by atoms with E-state index in [2.05, 4.69) is 4.72 Å². The Kier molecular flexibility index (Phi) is 4.81. The fourth-order valence-electron chi connectivity index (χ4n) is 2.83. The van der Waals surface area contributed by atoms with E-state index in [1.807, 2.05) is 0 Å². The molecule has 1 aliphatic heterocycles. The fourth-order valence-corrected chi connectivity index (χ4v) is 4.37.